The predicted molar refractivity (Wildman–Crippen MR) is 52.0 cm³/mol. The lowest BCUT2D eigenvalue weighted by Gasteiger charge is -2.03. The lowest BCUT2D eigenvalue weighted by molar-refractivity contribution is 0.416. The topological polar surface area (TPSA) is 75.1 Å². The van der Waals surface area contributed by atoms with Crippen LogP contribution >= 0.6 is 0 Å². The van der Waals surface area contributed by atoms with E-state index in [2.05, 4.69) is 10.0 Å². The van der Waals surface area contributed by atoms with Gasteiger partial charge in [0.15, 0.2) is 0 Å². The van der Waals surface area contributed by atoms with Gasteiger partial charge < -0.3 is 4.74 Å². The predicted octanol–water partition coefficient (Wildman–Crippen LogP) is 2.48. The summed E-state index contributed by atoms with van der Waals surface area (Å²) >= 11 is 0. The first-order chi connectivity index (χ1) is 6.81. The van der Waals surface area contributed by atoms with Crippen LogP contribution in [0.3, 0.4) is 0 Å². The van der Waals surface area contributed by atoms with E-state index < -0.39 is 0 Å². The molecule has 14 heavy (non-hydrogen) atoms. The van der Waals surface area contributed by atoms with Gasteiger partial charge in [-0.1, -0.05) is 11.2 Å². The molecule has 0 heterocycles. The van der Waals surface area contributed by atoms with Crippen molar-refractivity contribution in [3.63, 3.8) is 0 Å². The van der Waals surface area contributed by atoms with Crippen molar-refractivity contribution in [2.45, 2.75) is 0 Å². The van der Waals surface area contributed by atoms with Crippen LogP contribution in [0.25, 0.3) is 16.5 Å². The van der Waals surface area contributed by atoms with Crippen LogP contribution in [0.15, 0.2) is 23.3 Å². The van der Waals surface area contributed by atoms with Crippen LogP contribution in [0.5, 0.6) is 5.75 Å². The van der Waals surface area contributed by atoms with Crippen molar-refractivity contribution in [3.05, 3.63) is 34.2 Å². The van der Waals surface area contributed by atoms with E-state index in [9.17, 15) is 4.79 Å². The fourth-order valence-electron chi connectivity index (χ4n) is 0.991. The van der Waals surface area contributed by atoms with E-state index in [0.29, 0.717) is 17.0 Å². The average molecular weight is 189 g/mol. The number of hydrogen-bond acceptors (Lipinski definition) is 3. The van der Waals surface area contributed by atoms with Crippen LogP contribution in [0, 0.1) is 0 Å². The molecule has 0 spiro atoms. The van der Waals surface area contributed by atoms with Crippen molar-refractivity contribution in [3.8, 4) is 5.75 Å². The van der Waals surface area contributed by atoms with Crippen molar-refractivity contribution >= 4 is 17.7 Å². The minimum Gasteiger partial charge on any atom is -0.496 e. The van der Waals surface area contributed by atoms with Gasteiger partial charge in [0.2, 0.25) is 0 Å². The molecule has 70 valence electrons. The summed E-state index contributed by atoms with van der Waals surface area (Å²) in [5.74, 6) is 2.10. The first-order valence-corrected chi connectivity index (χ1v) is 3.76. The summed E-state index contributed by atoms with van der Waals surface area (Å²) in [4.78, 5) is 12.7. The Morgan fingerprint density at radius 2 is 2.43 bits per heavy atom. The molecule has 0 aliphatic heterocycles. The largest absolute Gasteiger partial charge is 0.496 e. The van der Waals surface area contributed by atoms with Crippen LogP contribution < -0.4 is 4.74 Å². The molecule has 0 aliphatic carbocycles. The van der Waals surface area contributed by atoms with E-state index in [1.54, 1.807) is 24.1 Å². The Hall–Kier alpha value is -2.22. The lowest BCUT2D eigenvalue weighted by atomic mass is 10.2. The standard InChI is InChI=1S/C9H7N3O2/c1-14-9-3-2-7(4-5-13)6-8(9)11-12-10/h2-4,6H,1H3. The smallest absolute Gasteiger partial charge is 0.128 e. The van der Waals surface area contributed by atoms with Crippen molar-refractivity contribution in [1.29, 1.82) is 0 Å². The highest BCUT2D eigenvalue weighted by Gasteiger charge is 2.00. The second kappa shape index (κ2) is 4.72. The first-order valence-electron chi connectivity index (χ1n) is 3.76. The number of nitrogens with zero attached hydrogens (tertiary/aromatic N) is 3. The highest BCUT2D eigenvalue weighted by molar-refractivity contribution is 5.76. The Kier molecular flexibility index (Phi) is 3.33. The fraction of sp³-hybridized carbons (Fsp3) is 0.111. The number of methoxy groups -OCH3 is 1. The van der Waals surface area contributed by atoms with Gasteiger partial charge in [0, 0.05) is 11.0 Å². The molecular formula is C9H7N3O2. The molecule has 1 aromatic rings. The van der Waals surface area contributed by atoms with Gasteiger partial charge in [-0.25, -0.2) is 4.79 Å². The summed E-state index contributed by atoms with van der Waals surface area (Å²) in [6, 6.07) is 4.83. The van der Waals surface area contributed by atoms with E-state index in [-0.39, 0.29) is 0 Å². The van der Waals surface area contributed by atoms with E-state index in [1.807, 2.05) is 0 Å². The molecule has 0 unspecified atom stereocenters. The van der Waals surface area contributed by atoms with E-state index in [0.717, 1.165) is 0 Å². The number of azide groups is 1. The third-order valence-electron chi connectivity index (χ3n) is 1.58. The van der Waals surface area contributed by atoms with Crippen LogP contribution in [0.4, 0.5) is 5.69 Å². The van der Waals surface area contributed by atoms with Gasteiger partial charge in [-0.15, -0.1) is 0 Å². The normalized spacial score (nSPS) is 8.36. The Labute approximate surface area is 80.2 Å². The second-order valence-electron chi connectivity index (χ2n) is 2.38. The zero-order valence-electron chi connectivity index (χ0n) is 7.47. The van der Waals surface area contributed by atoms with Gasteiger partial charge in [0.05, 0.1) is 12.8 Å². The van der Waals surface area contributed by atoms with Crippen molar-refractivity contribution in [2.75, 3.05) is 7.11 Å². The molecule has 5 heteroatoms. The van der Waals surface area contributed by atoms with Crippen LogP contribution in [0.2, 0.25) is 0 Å². The molecule has 0 saturated heterocycles. The molecule has 0 aromatic heterocycles. The van der Waals surface area contributed by atoms with Gasteiger partial charge in [0.1, 0.15) is 11.7 Å². The Morgan fingerprint density at radius 3 is 3.00 bits per heavy atom. The first kappa shape index (κ1) is 9.86. The number of rotatable bonds is 3. The molecular weight excluding hydrogens is 182 g/mol. The molecule has 0 saturated carbocycles. The molecule has 0 fully saturated rings. The summed E-state index contributed by atoms with van der Waals surface area (Å²) in [6.07, 6.45) is 1.25. The second-order valence-corrected chi connectivity index (χ2v) is 2.38. The number of carbonyl (C=O) groups excluding carboxylic acids is 1. The van der Waals surface area contributed by atoms with Crippen LogP contribution in [-0.2, 0) is 4.79 Å². The highest BCUT2D eigenvalue weighted by Crippen LogP contribution is 2.28. The van der Waals surface area contributed by atoms with Gasteiger partial charge in [-0.2, -0.15) is 0 Å². The van der Waals surface area contributed by atoms with E-state index >= 15 is 0 Å². The molecule has 1 aromatic carbocycles. The maximum absolute atomic E-state index is 10.1. The van der Waals surface area contributed by atoms with Crippen LogP contribution in [-0.4, -0.2) is 13.1 Å². The highest BCUT2D eigenvalue weighted by atomic mass is 16.5. The van der Waals surface area contributed by atoms with E-state index in [1.165, 1.54) is 13.2 Å². The maximum atomic E-state index is 10.1. The number of hydrogen-bond donors (Lipinski definition) is 0. The van der Waals surface area contributed by atoms with E-state index in [4.69, 9.17) is 10.3 Å². The average Bonchev–Trinajstić information content (AvgIpc) is 2.19. The summed E-state index contributed by atoms with van der Waals surface area (Å²) < 4.78 is 4.95. The quantitative estimate of drug-likeness (QED) is 0.317. The summed E-state index contributed by atoms with van der Waals surface area (Å²) in [6.45, 7) is 0. The minimum absolute atomic E-state index is 0.346. The summed E-state index contributed by atoms with van der Waals surface area (Å²) in [7, 11) is 1.47. The Balaban J connectivity index is 3.26. The van der Waals surface area contributed by atoms with Crippen LogP contribution in [0.1, 0.15) is 5.56 Å². The molecule has 0 N–H and O–H groups in total. The maximum Gasteiger partial charge on any atom is 0.128 e. The number of ether oxygens (including phenoxy) is 1. The number of benzene rings is 1. The zero-order valence-corrected chi connectivity index (χ0v) is 7.47. The van der Waals surface area contributed by atoms with Crippen molar-refractivity contribution in [2.24, 2.45) is 5.11 Å². The lowest BCUT2D eigenvalue weighted by Crippen LogP contribution is -1.83. The Bertz CT molecular complexity index is 430. The molecule has 0 radical (unpaired) electrons. The zero-order chi connectivity index (χ0) is 10.4. The SMILES string of the molecule is COc1ccc(C=C=O)cc1N=[N+]=[N-]. The van der Waals surface area contributed by atoms with Gasteiger partial charge in [-0.3, -0.25) is 0 Å². The van der Waals surface area contributed by atoms with Gasteiger partial charge in [-0.05, 0) is 23.2 Å². The summed E-state index contributed by atoms with van der Waals surface area (Å²) in [5.41, 5.74) is 9.24. The van der Waals surface area contributed by atoms with Crippen molar-refractivity contribution in [1.82, 2.24) is 0 Å². The molecule has 1 rings (SSSR count). The third-order valence-corrected chi connectivity index (χ3v) is 1.58. The van der Waals surface area contributed by atoms with Gasteiger partial charge in [0.25, 0.3) is 0 Å². The van der Waals surface area contributed by atoms with Gasteiger partial charge >= 0.3 is 0 Å². The molecule has 0 amide bonds. The molecule has 5 nitrogen and oxygen atoms in total. The minimum atomic E-state index is 0.346. The fourth-order valence-corrected chi connectivity index (χ4v) is 0.991. The third kappa shape index (κ3) is 2.14. The molecule has 0 aliphatic rings. The Morgan fingerprint density at radius 1 is 1.64 bits per heavy atom. The molecule has 0 bridgehead atoms. The van der Waals surface area contributed by atoms with Crippen molar-refractivity contribution < 1.29 is 9.53 Å². The summed E-state index contributed by atoms with van der Waals surface area (Å²) in [5, 5.41) is 3.43. The monoisotopic (exact) mass is 189 g/mol. The molecule has 0 atom stereocenters.